The first-order valence-corrected chi connectivity index (χ1v) is 8.31. The Morgan fingerprint density at radius 1 is 1.00 bits per heavy atom. The van der Waals surface area contributed by atoms with Crippen molar-refractivity contribution in [1.29, 1.82) is 0 Å². The summed E-state index contributed by atoms with van der Waals surface area (Å²) in [5, 5.41) is 11.6. The summed E-state index contributed by atoms with van der Waals surface area (Å²) in [4.78, 5) is 2.14. The highest BCUT2D eigenvalue weighted by Crippen LogP contribution is 2.34. The number of hydrogen-bond donors (Lipinski definition) is 1. The van der Waals surface area contributed by atoms with Crippen LogP contribution in [0.3, 0.4) is 0 Å². The molecule has 0 aliphatic rings. The van der Waals surface area contributed by atoms with Crippen LogP contribution in [0, 0.1) is 19.8 Å². The van der Waals surface area contributed by atoms with Crippen LogP contribution in [0.2, 0.25) is 0 Å². The quantitative estimate of drug-likeness (QED) is 0.873. The third kappa shape index (κ3) is 4.43. The van der Waals surface area contributed by atoms with Crippen LogP contribution in [0.5, 0.6) is 0 Å². The van der Waals surface area contributed by atoms with E-state index in [1.807, 2.05) is 30.3 Å². The number of hydrogen-bond acceptors (Lipinski definition) is 2. The molecule has 2 aromatic carbocycles. The first-order valence-electron chi connectivity index (χ1n) is 8.31. The molecule has 0 unspecified atom stereocenters. The van der Waals surface area contributed by atoms with Gasteiger partial charge in [-0.25, -0.2) is 0 Å². The molecular formula is C21H29NO. The molecule has 0 spiro atoms. The van der Waals surface area contributed by atoms with Gasteiger partial charge in [0.15, 0.2) is 0 Å². The molecule has 0 saturated heterocycles. The summed E-state index contributed by atoms with van der Waals surface area (Å²) in [7, 11) is 4.11. The van der Waals surface area contributed by atoms with Gasteiger partial charge in [-0.1, -0.05) is 66.6 Å². The monoisotopic (exact) mass is 311 g/mol. The van der Waals surface area contributed by atoms with Gasteiger partial charge in [0.1, 0.15) is 0 Å². The molecule has 2 rings (SSSR count). The minimum absolute atomic E-state index is 0.126. The molecule has 0 heterocycles. The highest BCUT2D eigenvalue weighted by atomic mass is 16.3. The minimum atomic E-state index is -0.869. The largest absolute Gasteiger partial charge is 0.384 e. The van der Waals surface area contributed by atoms with Gasteiger partial charge in [-0.3, -0.25) is 0 Å². The maximum Gasteiger partial charge on any atom is 0.0974 e. The van der Waals surface area contributed by atoms with Crippen molar-refractivity contribution in [3.8, 4) is 0 Å². The lowest BCUT2D eigenvalue weighted by Crippen LogP contribution is -2.41. The van der Waals surface area contributed by atoms with Crippen LogP contribution in [-0.4, -0.2) is 30.6 Å². The Labute approximate surface area is 140 Å². The van der Waals surface area contributed by atoms with E-state index in [1.54, 1.807) is 0 Å². The van der Waals surface area contributed by atoms with Gasteiger partial charge in [-0.05, 0) is 39.1 Å². The molecule has 0 bridgehead atoms. The third-order valence-corrected chi connectivity index (χ3v) is 4.48. The van der Waals surface area contributed by atoms with Crippen molar-refractivity contribution >= 4 is 0 Å². The van der Waals surface area contributed by atoms with E-state index in [1.165, 1.54) is 16.7 Å². The van der Waals surface area contributed by atoms with Crippen molar-refractivity contribution < 1.29 is 5.11 Å². The van der Waals surface area contributed by atoms with Crippen LogP contribution in [0.1, 0.15) is 29.2 Å². The first-order chi connectivity index (χ1) is 10.8. The lowest BCUT2D eigenvalue weighted by molar-refractivity contribution is -0.0255. The lowest BCUT2D eigenvalue weighted by Gasteiger charge is -2.36. The van der Waals surface area contributed by atoms with Crippen molar-refractivity contribution in [2.75, 3.05) is 20.6 Å². The van der Waals surface area contributed by atoms with Crippen LogP contribution in [0.25, 0.3) is 0 Å². The fourth-order valence-electron chi connectivity index (χ4n) is 3.47. The molecule has 23 heavy (non-hydrogen) atoms. The van der Waals surface area contributed by atoms with Crippen LogP contribution >= 0.6 is 0 Å². The Balaban J connectivity index is 2.41. The average Bonchev–Trinajstić information content (AvgIpc) is 2.46. The molecular weight excluding hydrogens is 282 g/mol. The molecule has 0 saturated carbocycles. The summed E-state index contributed by atoms with van der Waals surface area (Å²) >= 11 is 0. The van der Waals surface area contributed by atoms with Crippen molar-refractivity contribution in [2.24, 2.45) is 5.92 Å². The van der Waals surface area contributed by atoms with E-state index in [0.717, 1.165) is 12.1 Å². The van der Waals surface area contributed by atoms with Gasteiger partial charge in [0.05, 0.1) is 5.60 Å². The molecule has 124 valence electrons. The van der Waals surface area contributed by atoms with Crippen LogP contribution in [0.4, 0.5) is 0 Å². The maximum atomic E-state index is 11.6. The van der Waals surface area contributed by atoms with Crippen molar-refractivity contribution in [2.45, 2.75) is 32.8 Å². The fourth-order valence-corrected chi connectivity index (χ4v) is 3.47. The Morgan fingerprint density at radius 2 is 1.57 bits per heavy atom. The van der Waals surface area contributed by atoms with Crippen LogP contribution < -0.4 is 0 Å². The van der Waals surface area contributed by atoms with E-state index in [-0.39, 0.29) is 5.92 Å². The molecule has 0 amide bonds. The Bertz CT molecular complexity index is 615. The Kier molecular flexibility index (Phi) is 5.61. The van der Waals surface area contributed by atoms with Gasteiger partial charge in [0.25, 0.3) is 0 Å². The van der Waals surface area contributed by atoms with E-state index < -0.39 is 5.60 Å². The smallest absolute Gasteiger partial charge is 0.0974 e. The van der Waals surface area contributed by atoms with E-state index in [9.17, 15) is 5.11 Å². The lowest BCUT2D eigenvalue weighted by atomic mass is 9.77. The standard InChI is InChI=1S/C21H29NO/c1-16-11-17(2)13-19(12-16)14-21(23,18(3)15-22(4)5)20-9-7-6-8-10-20/h6-13,18,23H,14-15H2,1-5H3/t18-,21-/m1/s1. The summed E-state index contributed by atoms with van der Waals surface area (Å²) < 4.78 is 0. The average molecular weight is 311 g/mol. The van der Waals surface area contributed by atoms with Gasteiger partial charge in [0, 0.05) is 18.9 Å². The molecule has 2 heteroatoms. The molecule has 0 aromatic heterocycles. The van der Waals surface area contributed by atoms with Gasteiger partial charge in [-0.15, -0.1) is 0 Å². The second kappa shape index (κ2) is 7.29. The molecule has 1 N–H and O–H groups in total. The number of aliphatic hydroxyl groups is 1. The van der Waals surface area contributed by atoms with Gasteiger partial charge < -0.3 is 10.0 Å². The molecule has 0 aliphatic heterocycles. The van der Waals surface area contributed by atoms with E-state index in [0.29, 0.717) is 6.42 Å². The highest BCUT2D eigenvalue weighted by Gasteiger charge is 2.36. The maximum absolute atomic E-state index is 11.6. The van der Waals surface area contributed by atoms with Crippen molar-refractivity contribution in [3.63, 3.8) is 0 Å². The SMILES string of the molecule is Cc1cc(C)cc(C[C@](O)(c2ccccc2)[C@H](C)CN(C)C)c1. The molecule has 2 nitrogen and oxygen atoms in total. The zero-order chi connectivity index (χ0) is 17.0. The van der Waals surface area contributed by atoms with Crippen LogP contribution in [0.15, 0.2) is 48.5 Å². The van der Waals surface area contributed by atoms with E-state index in [2.05, 4.69) is 58.0 Å². The number of rotatable bonds is 6. The van der Waals surface area contributed by atoms with E-state index >= 15 is 0 Å². The third-order valence-electron chi connectivity index (χ3n) is 4.48. The second-order valence-corrected chi connectivity index (χ2v) is 7.13. The number of aryl methyl sites for hydroxylation is 2. The van der Waals surface area contributed by atoms with Crippen LogP contribution in [-0.2, 0) is 12.0 Å². The number of nitrogens with zero attached hydrogens (tertiary/aromatic N) is 1. The minimum Gasteiger partial charge on any atom is -0.384 e. The summed E-state index contributed by atoms with van der Waals surface area (Å²) in [6, 6.07) is 16.6. The number of benzene rings is 2. The summed E-state index contributed by atoms with van der Waals surface area (Å²) in [5.41, 5.74) is 3.81. The fraction of sp³-hybridized carbons (Fsp3) is 0.429. The first kappa shape index (κ1) is 17.7. The van der Waals surface area contributed by atoms with E-state index in [4.69, 9.17) is 0 Å². The Morgan fingerprint density at radius 3 is 2.09 bits per heavy atom. The summed E-state index contributed by atoms with van der Waals surface area (Å²) in [6.45, 7) is 7.20. The zero-order valence-electron chi connectivity index (χ0n) is 15.0. The Hall–Kier alpha value is -1.64. The molecule has 0 fully saturated rings. The van der Waals surface area contributed by atoms with Gasteiger partial charge >= 0.3 is 0 Å². The van der Waals surface area contributed by atoms with Gasteiger partial charge in [-0.2, -0.15) is 0 Å². The highest BCUT2D eigenvalue weighted by molar-refractivity contribution is 5.32. The molecule has 2 atom stereocenters. The predicted molar refractivity (Wildman–Crippen MR) is 97.7 cm³/mol. The normalized spacial score (nSPS) is 15.4. The summed E-state index contributed by atoms with van der Waals surface area (Å²) in [6.07, 6.45) is 0.633. The summed E-state index contributed by atoms with van der Waals surface area (Å²) in [5.74, 6) is 0.126. The molecule has 2 aromatic rings. The topological polar surface area (TPSA) is 23.5 Å². The zero-order valence-corrected chi connectivity index (χ0v) is 15.0. The second-order valence-electron chi connectivity index (χ2n) is 7.13. The molecule has 0 aliphatic carbocycles. The van der Waals surface area contributed by atoms with Crippen molar-refractivity contribution in [1.82, 2.24) is 4.90 Å². The molecule has 0 radical (unpaired) electrons. The van der Waals surface area contributed by atoms with Crippen molar-refractivity contribution in [3.05, 3.63) is 70.8 Å². The predicted octanol–water partition coefficient (Wildman–Crippen LogP) is 3.93. The van der Waals surface area contributed by atoms with Gasteiger partial charge in [0.2, 0.25) is 0 Å².